The number of fused-ring (bicyclic) bond motifs is 5. The van der Waals surface area contributed by atoms with Gasteiger partial charge in [-0.05, 0) is 34.7 Å². The van der Waals surface area contributed by atoms with E-state index in [9.17, 15) is 0 Å². The van der Waals surface area contributed by atoms with Crippen LogP contribution >= 0.6 is 11.3 Å². The second kappa shape index (κ2) is 3.37. The molecule has 0 fully saturated rings. The molecule has 0 bridgehead atoms. The summed E-state index contributed by atoms with van der Waals surface area (Å²) >= 11 is 2.00. The molecule has 0 saturated heterocycles. The number of hydrogen-bond acceptors (Lipinski definition) is 1. The van der Waals surface area contributed by atoms with Gasteiger partial charge in [-0.1, -0.05) is 48.6 Å². The Morgan fingerprint density at radius 2 is 1.79 bits per heavy atom. The average molecular weight is 260 g/mol. The molecule has 2 aliphatic carbocycles. The highest BCUT2D eigenvalue weighted by molar-refractivity contribution is 7.16. The van der Waals surface area contributed by atoms with E-state index in [1.165, 1.54) is 50.7 Å². The molecule has 0 spiro atoms. The van der Waals surface area contributed by atoms with E-state index in [-0.39, 0.29) is 0 Å². The molecular formula is C18H12S. The van der Waals surface area contributed by atoms with Crippen molar-refractivity contribution in [2.45, 2.75) is 12.8 Å². The van der Waals surface area contributed by atoms with Gasteiger partial charge in [0.1, 0.15) is 0 Å². The Morgan fingerprint density at radius 1 is 0.947 bits per heavy atom. The molecule has 0 amide bonds. The summed E-state index contributed by atoms with van der Waals surface area (Å²) in [6.45, 7) is 0. The highest BCUT2D eigenvalue weighted by Crippen LogP contribution is 2.54. The third-order valence-electron chi connectivity index (χ3n) is 4.26. The molecule has 2 aromatic carbocycles. The second-order valence-electron chi connectivity index (χ2n) is 5.29. The van der Waals surface area contributed by atoms with Crippen LogP contribution in [-0.2, 0) is 6.42 Å². The van der Waals surface area contributed by atoms with E-state index in [0.717, 1.165) is 0 Å². The second-order valence-corrected chi connectivity index (χ2v) is 6.40. The molecule has 90 valence electrons. The summed E-state index contributed by atoms with van der Waals surface area (Å²) in [6, 6.07) is 13.4. The minimum Gasteiger partial charge on any atom is -0.139 e. The standard InChI is InChI=1S/C18H12S/c1-2-10-15-12(7-1)17-13-8-3-5-11-6-4-9-14(16(11)13)18(17)19-15/h1,3-9H,2,10H2. The minimum atomic E-state index is 1.19. The SMILES string of the molecule is C1=Cc2c(sc3c2-c2cccc4cccc-3c24)CC1. The first-order chi connectivity index (χ1) is 9.43. The van der Waals surface area contributed by atoms with E-state index in [0.29, 0.717) is 0 Å². The van der Waals surface area contributed by atoms with Crippen LogP contribution in [-0.4, -0.2) is 0 Å². The third kappa shape index (κ3) is 1.14. The zero-order chi connectivity index (χ0) is 12.4. The number of allylic oxidation sites excluding steroid dienone is 1. The van der Waals surface area contributed by atoms with E-state index >= 15 is 0 Å². The van der Waals surface area contributed by atoms with Gasteiger partial charge in [0.25, 0.3) is 0 Å². The van der Waals surface area contributed by atoms with Gasteiger partial charge < -0.3 is 0 Å². The van der Waals surface area contributed by atoms with Gasteiger partial charge in [0.05, 0.1) is 0 Å². The van der Waals surface area contributed by atoms with Crippen LogP contribution < -0.4 is 0 Å². The zero-order valence-electron chi connectivity index (χ0n) is 10.4. The van der Waals surface area contributed by atoms with Crippen molar-refractivity contribution in [1.29, 1.82) is 0 Å². The van der Waals surface area contributed by atoms with Crippen molar-refractivity contribution in [2.75, 3.05) is 0 Å². The maximum absolute atomic E-state index is 2.33. The van der Waals surface area contributed by atoms with Crippen molar-refractivity contribution in [3.8, 4) is 21.6 Å². The molecule has 1 heterocycles. The fraction of sp³-hybridized carbons (Fsp3) is 0.111. The highest BCUT2D eigenvalue weighted by atomic mass is 32.1. The number of hydrogen-bond donors (Lipinski definition) is 0. The average Bonchev–Trinajstić information content (AvgIpc) is 2.98. The van der Waals surface area contributed by atoms with Crippen LogP contribution in [0.1, 0.15) is 16.9 Å². The van der Waals surface area contributed by atoms with Crippen molar-refractivity contribution in [3.05, 3.63) is 52.9 Å². The molecule has 0 saturated carbocycles. The van der Waals surface area contributed by atoms with E-state index < -0.39 is 0 Å². The normalized spacial score (nSPS) is 14.7. The van der Waals surface area contributed by atoms with Gasteiger partial charge in [0.2, 0.25) is 0 Å². The molecule has 1 aromatic heterocycles. The maximum Gasteiger partial charge on any atom is 0.0437 e. The fourth-order valence-electron chi connectivity index (χ4n) is 3.46. The number of benzene rings is 2. The van der Waals surface area contributed by atoms with Gasteiger partial charge in [-0.2, -0.15) is 0 Å². The van der Waals surface area contributed by atoms with Gasteiger partial charge in [-0.25, -0.2) is 0 Å². The summed E-state index contributed by atoms with van der Waals surface area (Å²) < 4.78 is 0. The fourth-order valence-corrected chi connectivity index (χ4v) is 4.81. The number of thiophene rings is 1. The van der Waals surface area contributed by atoms with E-state index in [2.05, 4.69) is 48.6 Å². The van der Waals surface area contributed by atoms with Crippen molar-refractivity contribution >= 4 is 28.2 Å². The minimum absolute atomic E-state index is 1.19. The van der Waals surface area contributed by atoms with Crippen molar-refractivity contribution in [1.82, 2.24) is 0 Å². The lowest BCUT2D eigenvalue weighted by Crippen LogP contribution is -1.89. The Morgan fingerprint density at radius 3 is 2.68 bits per heavy atom. The number of aryl methyl sites for hydroxylation is 1. The van der Waals surface area contributed by atoms with E-state index in [1.54, 1.807) is 4.88 Å². The van der Waals surface area contributed by atoms with Crippen LogP contribution in [0.15, 0.2) is 42.5 Å². The lowest BCUT2D eigenvalue weighted by atomic mass is 9.97. The largest absolute Gasteiger partial charge is 0.139 e. The summed E-state index contributed by atoms with van der Waals surface area (Å²) in [5.74, 6) is 0. The monoisotopic (exact) mass is 260 g/mol. The molecule has 1 heteroatoms. The van der Waals surface area contributed by atoms with Crippen LogP contribution in [0.25, 0.3) is 38.4 Å². The highest BCUT2D eigenvalue weighted by Gasteiger charge is 2.27. The third-order valence-corrected chi connectivity index (χ3v) is 5.56. The van der Waals surface area contributed by atoms with Gasteiger partial charge >= 0.3 is 0 Å². The van der Waals surface area contributed by atoms with Crippen LogP contribution in [0.4, 0.5) is 0 Å². The van der Waals surface area contributed by atoms with E-state index in [1.807, 2.05) is 11.3 Å². The van der Waals surface area contributed by atoms with Crippen LogP contribution in [0.3, 0.4) is 0 Å². The van der Waals surface area contributed by atoms with Crippen molar-refractivity contribution in [2.24, 2.45) is 0 Å². The molecule has 5 rings (SSSR count). The van der Waals surface area contributed by atoms with Gasteiger partial charge in [-0.15, -0.1) is 11.3 Å². The van der Waals surface area contributed by atoms with Crippen LogP contribution in [0, 0.1) is 0 Å². The van der Waals surface area contributed by atoms with Crippen LogP contribution in [0.2, 0.25) is 0 Å². The first-order valence-electron chi connectivity index (χ1n) is 6.78. The lowest BCUT2D eigenvalue weighted by molar-refractivity contribution is 1.01. The smallest absolute Gasteiger partial charge is 0.0437 e. The molecule has 0 aliphatic heterocycles. The molecule has 19 heavy (non-hydrogen) atoms. The molecular weight excluding hydrogens is 248 g/mol. The molecule has 0 unspecified atom stereocenters. The van der Waals surface area contributed by atoms with Gasteiger partial charge in [-0.3, -0.25) is 0 Å². The van der Waals surface area contributed by atoms with Crippen LogP contribution in [0.5, 0.6) is 0 Å². The molecule has 0 N–H and O–H groups in total. The predicted molar refractivity (Wildman–Crippen MR) is 83.6 cm³/mol. The summed E-state index contributed by atoms with van der Waals surface area (Å²) in [6.07, 6.45) is 7.05. The van der Waals surface area contributed by atoms with Gasteiger partial charge in [0, 0.05) is 20.9 Å². The summed E-state index contributed by atoms with van der Waals surface area (Å²) in [5, 5.41) is 2.82. The van der Waals surface area contributed by atoms with E-state index in [4.69, 9.17) is 0 Å². The first-order valence-corrected chi connectivity index (χ1v) is 7.60. The zero-order valence-corrected chi connectivity index (χ0v) is 11.3. The topological polar surface area (TPSA) is 0 Å². The molecule has 0 radical (unpaired) electrons. The molecule has 0 atom stereocenters. The van der Waals surface area contributed by atoms with Gasteiger partial charge in [0.15, 0.2) is 0 Å². The Hall–Kier alpha value is -1.86. The molecule has 0 nitrogen and oxygen atoms in total. The lowest BCUT2D eigenvalue weighted by Gasteiger charge is -2.07. The molecule has 3 aromatic rings. The Kier molecular flexibility index (Phi) is 1.77. The summed E-state index contributed by atoms with van der Waals surface area (Å²) in [5.41, 5.74) is 5.85. The van der Waals surface area contributed by atoms with Crippen molar-refractivity contribution < 1.29 is 0 Å². The predicted octanol–water partition coefficient (Wildman–Crippen LogP) is 5.51. The summed E-state index contributed by atoms with van der Waals surface area (Å²) in [4.78, 5) is 3.06. The summed E-state index contributed by atoms with van der Waals surface area (Å²) in [7, 11) is 0. The number of rotatable bonds is 0. The first kappa shape index (κ1) is 9.99. The van der Waals surface area contributed by atoms with Crippen molar-refractivity contribution in [3.63, 3.8) is 0 Å². The maximum atomic E-state index is 2.33. The Bertz CT molecular complexity index is 860. The Balaban J connectivity index is 1.99. The molecule has 2 aliphatic rings. The quantitative estimate of drug-likeness (QED) is 0.391. The Labute approximate surface area is 116 Å².